The maximum atomic E-state index is 5.49. The van der Waals surface area contributed by atoms with Gasteiger partial charge >= 0.3 is 0 Å². The van der Waals surface area contributed by atoms with E-state index in [0.29, 0.717) is 23.7 Å². The second kappa shape index (κ2) is 4.44. The van der Waals surface area contributed by atoms with Gasteiger partial charge in [-0.3, -0.25) is 0 Å². The average Bonchev–Trinajstić information content (AvgIpc) is 2.63. The van der Waals surface area contributed by atoms with Crippen LogP contribution in [-0.2, 0) is 4.74 Å². The van der Waals surface area contributed by atoms with Gasteiger partial charge in [-0.15, -0.1) is 0 Å². The van der Waals surface area contributed by atoms with Crippen molar-refractivity contribution in [1.29, 1.82) is 0 Å². The maximum Gasteiger partial charge on any atom is 0.222 e. The van der Waals surface area contributed by atoms with Crippen LogP contribution in [0.2, 0.25) is 0 Å². The quantitative estimate of drug-likeness (QED) is 0.772. The van der Waals surface area contributed by atoms with Crippen molar-refractivity contribution in [3.63, 3.8) is 0 Å². The average molecular weight is 208 g/mol. The zero-order chi connectivity index (χ0) is 10.7. The topological polar surface area (TPSA) is 73.1 Å². The van der Waals surface area contributed by atoms with Crippen LogP contribution in [0, 0.1) is 5.92 Å². The van der Waals surface area contributed by atoms with E-state index in [9.17, 15) is 0 Å². The number of nitrogens with one attached hydrogen (secondary N) is 1. The highest BCUT2D eigenvalue weighted by atomic mass is 16.5. The Balaban J connectivity index is 1.85. The van der Waals surface area contributed by atoms with Crippen LogP contribution in [0.5, 0.6) is 0 Å². The fraction of sp³-hybridized carbons (Fsp3) is 0.600. The molecule has 0 saturated carbocycles. The predicted octanol–water partition coefficient (Wildman–Crippen LogP) is 0.896. The third-order valence-electron chi connectivity index (χ3n) is 2.73. The van der Waals surface area contributed by atoms with Gasteiger partial charge < -0.3 is 15.8 Å². The van der Waals surface area contributed by atoms with Gasteiger partial charge in [0.2, 0.25) is 5.95 Å². The van der Waals surface area contributed by atoms with E-state index in [1.807, 2.05) is 0 Å². The molecular formula is C10H16N4O. The van der Waals surface area contributed by atoms with Gasteiger partial charge in [0.25, 0.3) is 0 Å². The summed E-state index contributed by atoms with van der Waals surface area (Å²) in [5.41, 5.74) is 6.08. The number of hydrogen-bond acceptors (Lipinski definition) is 5. The van der Waals surface area contributed by atoms with Crippen LogP contribution in [0.3, 0.4) is 0 Å². The molecule has 1 aliphatic rings. The number of rotatable bonds is 3. The Morgan fingerprint density at radius 3 is 2.87 bits per heavy atom. The van der Waals surface area contributed by atoms with E-state index in [1.165, 1.54) is 0 Å². The van der Waals surface area contributed by atoms with Crippen molar-refractivity contribution in [2.24, 2.45) is 5.92 Å². The summed E-state index contributed by atoms with van der Waals surface area (Å²) in [6, 6.07) is 0. The third kappa shape index (κ3) is 2.56. The van der Waals surface area contributed by atoms with Crippen LogP contribution >= 0.6 is 0 Å². The van der Waals surface area contributed by atoms with Gasteiger partial charge in [-0.1, -0.05) is 0 Å². The largest absolute Gasteiger partial charge is 0.396 e. The van der Waals surface area contributed by atoms with Crippen molar-refractivity contribution in [3.8, 4) is 0 Å². The Bertz CT molecular complexity index is 314. The molecule has 15 heavy (non-hydrogen) atoms. The van der Waals surface area contributed by atoms with Crippen molar-refractivity contribution in [3.05, 3.63) is 12.4 Å². The molecule has 0 spiro atoms. The van der Waals surface area contributed by atoms with Gasteiger partial charge in [-0.05, 0) is 13.3 Å². The van der Waals surface area contributed by atoms with Crippen LogP contribution in [0.4, 0.5) is 11.6 Å². The number of aromatic nitrogens is 2. The maximum absolute atomic E-state index is 5.49. The lowest BCUT2D eigenvalue weighted by molar-refractivity contribution is 0.108. The Labute approximate surface area is 89.1 Å². The molecule has 2 rings (SSSR count). The van der Waals surface area contributed by atoms with Gasteiger partial charge in [0.1, 0.15) is 0 Å². The molecule has 2 atom stereocenters. The number of nitrogens with zero attached hydrogens (tertiary/aromatic N) is 2. The molecule has 0 bridgehead atoms. The Kier molecular flexibility index (Phi) is 3.01. The minimum absolute atomic E-state index is 0.325. The lowest BCUT2D eigenvalue weighted by Crippen LogP contribution is -2.21. The smallest absolute Gasteiger partial charge is 0.222 e. The van der Waals surface area contributed by atoms with E-state index < -0.39 is 0 Å². The van der Waals surface area contributed by atoms with E-state index in [1.54, 1.807) is 12.4 Å². The van der Waals surface area contributed by atoms with Gasteiger partial charge in [0.15, 0.2) is 0 Å². The van der Waals surface area contributed by atoms with Crippen LogP contribution in [0.15, 0.2) is 12.4 Å². The molecule has 0 aliphatic carbocycles. The molecule has 2 unspecified atom stereocenters. The number of anilines is 2. The second-order valence-electron chi connectivity index (χ2n) is 3.85. The molecule has 82 valence electrons. The Hall–Kier alpha value is -1.36. The SMILES string of the molecule is CC1OCCC1CNc1ncc(N)cn1. The molecule has 1 aliphatic heterocycles. The van der Waals surface area contributed by atoms with Crippen molar-refractivity contribution >= 4 is 11.6 Å². The Morgan fingerprint density at radius 1 is 1.53 bits per heavy atom. The molecule has 0 amide bonds. The normalized spacial score (nSPS) is 25.4. The first-order valence-electron chi connectivity index (χ1n) is 5.18. The molecule has 5 heteroatoms. The molecule has 1 aromatic heterocycles. The fourth-order valence-corrected chi connectivity index (χ4v) is 1.70. The molecule has 0 aromatic carbocycles. The van der Waals surface area contributed by atoms with Gasteiger partial charge in [-0.2, -0.15) is 0 Å². The lowest BCUT2D eigenvalue weighted by atomic mass is 10.0. The number of nitrogen functional groups attached to an aromatic ring is 1. The first kappa shape index (κ1) is 10.2. The number of hydrogen-bond donors (Lipinski definition) is 2. The summed E-state index contributed by atoms with van der Waals surface area (Å²) in [6.07, 6.45) is 4.63. The molecular weight excluding hydrogens is 192 g/mol. The minimum Gasteiger partial charge on any atom is -0.396 e. The fourth-order valence-electron chi connectivity index (χ4n) is 1.70. The first-order valence-corrected chi connectivity index (χ1v) is 5.18. The zero-order valence-corrected chi connectivity index (χ0v) is 8.81. The monoisotopic (exact) mass is 208 g/mol. The van der Waals surface area contributed by atoms with Crippen LogP contribution < -0.4 is 11.1 Å². The number of nitrogens with two attached hydrogens (primary N) is 1. The summed E-state index contributed by atoms with van der Waals surface area (Å²) < 4.78 is 5.47. The van der Waals surface area contributed by atoms with E-state index in [4.69, 9.17) is 10.5 Å². The minimum atomic E-state index is 0.325. The molecule has 1 fully saturated rings. The third-order valence-corrected chi connectivity index (χ3v) is 2.73. The predicted molar refractivity (Wildman–Crippen MR) is 58.5 cm³/mol. The van der Waals surface area contributed by atoms with Crippen molar-refractivity contribution in [1.82, 2.24) is 9.97 Å². The zero-order valence-electron chi connectivity index (χ0n) is 8.81. The van der Waals surface area contributed by atoms with E-state index in [0.717, 1.165) is 19.6 Å². The summed E-state index contributed by atoms with van der Waals surface area (Å²) in [7, 11) is 0. The van der Waals surface area contributed by atoms with Crippen molar-refractivity contribution in [2.75, 3.05) is 24.2 Å². The first-order chi connectivity index (χ1) is 7.25. The van der Waals surface area contributed by atoms with Crippen LogP contribution in [-0.4, -0.2) is 29.2 Å². The highest BCUT2D eigenvalue weighted by Gasteiger charge is 2.23. The molecule has 3 N–H and O–H groups in total. The van der Waals surface area contributed by atoms with Gasteiger partial charge in [0.05, 0.1) is 24.2 Å². The summed E-state index contributed by atoms with van der Waals surface area (Å²) >= 11 is 0. The summed E-state index contributed by atoms with van der Waals surface area (Å²) in [4.78, 5) is 8.15. The summed E-state index contributed by atoms with van der Waals surface area (Å²) in [6.45, 7) is 3.81. The van der Waals surface area contributed by atoms with Crippen LogP contribution in [0.1, 0.15) is 13.3 Å². The van der Waals surface area contributed by atoms with E-state index in [2.05, 4.69) is 22.2 Å². The summed E-state index contributed by atoms with van der Waals surface area (Å²) in [5, 5.41) is 3.19. The molecule has 0 radical (unpaired) electrons. The van der Waals surface area contributed by atoms with Gasteiger partial charge in [0, 0.05) is 19.1 Å². The number of ether oxygens (including phenoxy) is 1. The van der Waals surface area contributed by atoms with Crippen LogP contribution in [0.25, 0.3) is 0 Å². The van der Waals surface area contributed by atoms with Gasteiger partial charge in [-0.25, -0.2) is 9.97 Å². The van der Waals surface area contributed by atoms with Crippen molar-refractivity contribution in [2.45, 2.75) is 19.4 Å². The standard InChI is InChI=1S/C10H16N4O/c1-7-8(2-3-15-7)4-12-10-13-5-9(11)6-14-10/h5-8H,2-4,11H2,1H3,(H,12,13,14). The second-order valence-corrected chi connectivity index (χ2v) is 3.85. The lowest BCUT2D eigenvalue weighted by Gasteiger charge is -2.14. The molecule has 1 aromatic rings. The highest BCUT2D eigenvalue weighted by Crippen LogP contribution is 2.20. The molecule has 2 heterocycles. The molecule has 5 nitrogen and oxygen atoms in total. The van der Waals surface area contributed by atoms with E-state index >= 15 is 0 Å². The highest BCUT2D eigenvalue weighted by molar-refractivity contribution is 5.35. The summed E-state index contributed by atoms with van der Waals surface area (Å²) in [5.74, 6) is 1.18. The molecule has 1 saturated heterocycles. The van der Waals surface area contributed by atoms with Crippen molar-refractivity contribution < 1.29 is 4.74 Å². The Morgan fingerprint density at radius 2 is 2.27 bits per heavy atom. The van der Waals surface area contributed by atoms with E-state index in [-0.39, 0.29) is 0 Å².